The predicted octanol–water partition coefficient (Wildman–Crippen LogP) is 2.94. The van der Waals surface area contributed by atoms with Crippen LogP contribution in [0.1, 0.15) is 34.7 Å². The lowest BCUT2D eigenvalue weighted by molar-refractivity contribution is -0.138. The third-order valence-electron chi connectivity index (χ3n) is 4.54. The lowest BCUT2D eigenvalue weighted by Gasteiger charge is -2.19. The Hall–Kier alpha value is -2.82. The molecule has 1 heterocycles. The molecule has 0 saturated heterocycles. The van der Waals surface area contributed by atoms with E-state index in [1.165, 1.54) is 0 Å². The van der Waals surface area contributed by atoms with Gasteiger partial charge in [-0.2, -0.15) is 0 Å². The number of carboxylic acid groups (broad SMARTS) is 1. The average molecular weight is 339 g/mol. The van der Waals surface area contributed by atoms with E-state index in [1.807, 2.05) is 56.3 Å². The highest BCUT2D eigenvalue weighted by Crippen LogP contribution is 2.32. The van der Waals surface area contributed by atoms with Gasteiger partial charge in [0.15, 0.2) is 6.10 Å². The molecule has 0 radical (unpaired) electrons. The molecule has 5 heteroatoms. The molecule has 0 bridgehead atoms. The minimum Gasteiger partial charge on any atom is -0.481 e. The SMILES string of the molecule is Cc1cc2c(cc1C)OC(C(=O)NC(CC(=O)O)c1ccccc1)C2. The first-order chi connectivity index (χ1) is 11.9. The molecule has 2 N–H and O–H groups in total. The van der Waals surface area contributed by atoms with Crippen molar-refractivity contribution < 1.29 is 19.4 Å². The Balaban J connectivity index is 1.73. The van der Waals surface area contributed by atoms with E-state index < -0.39 is 18.1 Å². The van der Waals surface area contributed by atoms with Crippen molar-refractivity contribution in [1.29, 1.82) is 0 Å². The van der Waals surface area contributed by atoms with E-state index >= 15 is 0 Å². The van der Waals surface area contributed by atoms with Crippen LogP contribution in [0.5, 0.6) is 5.75 Å². The summed E-state index contributed by atoms with van der Waals surface area (Å²) >= 11 is 0. The van der Waals surface area contributed by atoms with Crippen LogP contribution in [0.4, 0.5) is 0 Å². The number of hydrogen-bond acceptors (Lipinski definition) is 3. The van der Waals surface area contributed by atoms with Gasteiger partial charge in [-0.15, -0.1) is 0 Å². The smallest absolute Gasteiger partial charge is 0.305 e. The number of rotatable bonds is 5. The number of carboxylic acids is 1. The normalized spacial score (nSPS) is 16.6. The molecule has 3 rings (SSSR count). The fourth-order valence-electron chi connectivity index (χ4n) is 3.04. The van der Waals surface area contributed by atoms with E-state index in [0.29, 0.717) is 6.42 Å². The van der Waals surface area contributed by atoms with Crippen molar-refractivity contribution in [2.45, 2.75) is 38.8 Å². The van der Waals surface area contributed by atoms with Crippen molar-refractivity contribution in [3.63, 3.8) is 0 Å². The first kappa shape index (κ1) is 17.0. The summed E-state index contributed by atoms with van der Waals surface area (Å²) in [7, 11) is 0. The summed E-state index contributed by atoms with van der Waals surface area (Å²) in [6.45, 7) is 4.03. The number of nitrogens with one attached hydrogen (secondary N) is 1. The van der Waals surface area contributed by atoms with Crippen LogP contribution in [0.25, 0.3) is 0 Å². The lowest BCUT2D eigenvalue weighted by atomic mass is 10.0. The minimum absolute atomic E-state index is 0.173. The van der Waals surface area contributed by atoms with Crippen molar-refractivity contribution in [3.05, 3.63) is 64.7 Å². The number of aliphatic carboxylic acids is 1. The Kier molecular flexibility index (Phi) is 4.74. The molecule has 1 aliphatic rings. The van der Waals surface area contributed by atoms with Crippen molar-refractivity contribution in [1.82, 2.24) is 5.32 Å². The fraction of sp³-hybridized carbons (Fsp3) is 0.300. The summed E-state index contributed by atoms with van der Waals surface area (Å²) in [6, 6.07) is 12.5. The van der Waals surface area contributed by atoms with Crippen LogP contribution >= 0.6 is 0 Å². The van der Waals surface area contributed by atoms with Crippen LogP contribution in [0.3, 0.4) is 0 Å². The van der Waals surface area contributed by atoms with Crippen LogP contribution in [0, 0.1) is 13.8 Å². The number of ether oxygens (including phenoxy) is 1. The van der Waals surface area contributed by atoms with Gasteiger partial charge in [0.2, 0.25) is 0 Å². The molecule has 2 aromatic carbocycles. The Morgan fingerprint density at radius 3 is 2.56 bits per heavy atom. The molecule has 0 aromatic heterocycles. The van der Waals surface area contributed by atoms with Crippen molar-refractivity contribution >= 4 is 11.9 Å². The van der Waals surface area contributed by atoms with Gasteiger partial charge in [-0.3, -0.25) is 9.59 Å². The zero-order valence-electron chi connectivity index (χ0n) is 14.3. The van der Waals surface area contributed by atoms with Crippen molar-refractivity contribution in [2.75, 3.05) is 0 Å². The molecule has 0 spiro atoms. The second-order valence-electron chi connectivity index (χ2n) is 6.42. The molecular formula is C20H21NO4. The van der Waals surface area contributed by atoms with Crippen LogP contribution in [-0.2, 0) is 16.0 Å². The molecule has 2 unspecified atom stereocenters. The van der Waals surface area contributed by atoms with Crippen molar-refractivity contribution in [2.24, 2.45) is 0 Å². The maximum absolute atomic E-state index is 12.6. The van der Waals surface area contributed by atoms with E-state index in [-0.39, 0.29) is 12.3 Å². The van der Waals surface area contributed by atoms with E-state index in [9.17, 15) is 9.59 Å². The van der Waals surface area contributed by atoms with Gasteiger partial charge in [0.1, 0.15) is 5.75 Å². The number of carbonyl (C=O) groups excluding carboxylic acids is 1. The highest BCUT2D eigenvalue weighted by molar-refractivity contribution is 5.83. The zero-order chi connectivity index (χ0) is 18.0. The summed E-state index contributed by atoms with van der Waals surface area (Å²) in [5.41, 5.74) is 4.06. The van der Waals surface area contributed by atoms with Crippen LogP contribution in [-0.4, -0.2) is 23.1 Å². The molecular weight excluding hydrogens is 318 g/mol. The molecule has 130 valence electrons. The largest absolute Gasteiger partial charge is 0.481 e. The number of hydrogen-bond donors (Lipinski definition) is 2. The highest BCUT2D eigenvalue weighted by atomic mass is 16.5. The predicted molar refractivity (Wildman–Crippen MR) is 93.6 cm³/mol. The molecule has 0 aliphatic carbocycles. The van der Waals surface area contributed by atoms with Crippen LogP contribution < -0.4 is 10.1 Å². The number of aryl methyl sites for hydroxylation is 2. The second-order valence-corrected chi connectivity index (χ2v) is 6.42. The van der Waals surface area contributed by atoms with Crippen molar-refractivity contribution in [3.8, 4) is 5.75 Å². The van der Waals surface area contributed by atoms with Gasteiger partial charge in [-0.05, 0) is 42.2 Å². The molecule has 2 aromatic rings. The standard InChI is InChI=1S/C20H21NO4/c1-12-8-15-10-18(25-17(15)9-13(12)2)20(24)21-16(11-19(22)23)14-6-4-3-5-7-14/h3-9,16,18H,10-11H2,1-2H3,(H,21,24)(H,22,23). The van der Waals surface area contributed by atoms with Gasteiger partial charge < -0.3 is 15.2 Å². The average Bonchev–Trinajstić information content (AvgIpc) is 2.98. The van der Waals surface area contributed by atoms with Gasteiger partial charge in [-0.1, -0.05) is 36.4 Å². The Bertz CT molecular complexity index is 770. The molecule has 2 atom stereocenters. The Morgan fingerprint density at radius 2 is 1.88 bits per heavy atom. The van der Waals surface area contributed by atoms with Crippen LogP contribution in [0.15, 0.2) is 42.5 Å². The fourth-order valence-corrected chi connectivity index (χ4v) is 3.04. The second kappa shape index (κ2) is 6.97. The van der Waals surface area contributed by atoms with Crippen LogP contribution in [0.2, 0.25) is 0 Å². The molecule has 0 saturated carbocycles. The molecule has 1 aliphatic heterocycles. The topological polar surface area (TPSA) is 75.6 Å². The minimum atomic E-state index is -0.962. The van der Waals surface area contributed by atoms with Gasteiger partial charge >= 0.3 is 5.97 Å². The summed E-state index contributed by atoms with van der Waals surface area (Å²) < 4.78 is 5.79. The summed E-state index contributed by atoms with van der Waals surface area (Å²) in [5, 5.41) is 12.0. The van der Waals surface area contributed by atoms with Gasteiger partial charge in [0.25, 0.3) is 5.91 Å². The number of carbonyl (C=O) groups is 2. The Labute approximate surface area is 146 Å². The number of fused-ring (bicyclic) bond motifs is 1. The third kappa shape index (κ3) is 3.82. The Morgan fingerprint density at radius 1 is 1.20 bits per heavy atom. The first-order valence-electron chi connectivity index (χ1n) is 8.28. The monoisotopic (exact) mass is 339 g/mol. The molecule has 1 amide bonds. The van der Waals surface area contributed by atoms with Gasteiger partial charge in [0, 0.05) is 6.42 Å². The highest BCUT2D eigenvalue weighted by Gasteiger charge is 2.31. The van der Waals surface area contributed by atoms with E-state index in [2.05, 4.69) is 5.32 Å². The summed E-state index contributed by atoms with van der Waals surface area (Å²) in [4.78, 5) is 23.8. The lowest BCUT2D eigenvalue weighted by Crippen LogP contribution is -2.40. The molecule has 25 heavy (non-hydrogen) atoms. The maximum Gasteiger partial charge on any atom is 0.305 e. The van der Waals surface area contributed by atoms with E-state index in [4.69, 9.17) is 9.84 Å². The molecule has 5 nitrogen and oxygen atoms in total. The first-order valence-corrected chi connectivity index (χ1v) is 8.28. The molecule has 0 fully saturated rings. The third-order valence-corrected chi connectivity index (χ3v) is 4.54. The quantitative estimate of drug-likeness (QED) is 0.878. The van der Waals surface area contributed by atoms with E-state index in [1.54, 1.807) is 0 Å². The number of amides is 1. The number of benzene rings is 2. The maximum atomic E-state index is 12.6. The van der Waals surface area contributed by atoms with E-state index in [0.717, 1.165) is 28.0 Å². The van der Waals surface area contributed by atoms with Gasteiger partial charge in [-0.25, -0.2) is 0 Å². The summed E-state index contributed by atoms with van der Waals surface area (Å²) in [6.07, 6.45) is -0.305. The zero-order valence-corrected chi connectivity index (χ0v) is 14.3. The van der Waals surface area contributed by atoms with Gasteiger partial charge in [0.05, 0.1) is 12.5 Å². The summed E-state index contributed by atoms with van der Waals surface area (Å²) in [5.74, 6) is -0.518.